The first-order chi connectivity index (χ1) is 10.3. The normalized spacial score (nSPS) is 12.7. The van der Waals surface area contributed by atoms with Gasteiger partial charge in [0.05, 0.1) is 15.9 Å². The van der Waals surface area contributed by atoms with Gasteiger partial charge in [-0.3, -0.25) is 4.98 Å². The van der Waals surface area contributed by atoms with E-state index in [-0.39, 0.29) is 6.04 Å². The summed E-state index contributed by atoms with van der Waals surface area (Å²) in [5.41, 5.74) is 2.14. The second kappa shape index (κ2) is 6.56. The second-order valence-electron chi connectivity index (χ2n) is 4.75. The Kier molecular flexibility index (Phi) is 4.53. The Bertz CT molecular complexity index is 689. The van der Waals surface area contributed by atoms with Crippen LogP contribution in [0.5, 0.6) is 0 Å². The summed E-state index contributed by atoms with van der Waals surface area (Å²) < 4.78 is 2.29. The largest absolute Gasteiger partial charge is 0.309 e. The summed E-state index contributed by atoms with van der Waals surface area (Å²) in [5, 5.41) is 3.37. The first-order valence-electron chi connectivity index (χ1n) is 6.99. The van der Waals surface area contributed by atoms with Gasteiger partial charge in [0, 0.05) is 17.1 Å². The van der Waals surface area contributed by atoms with Gasteiger partial charge >= 0.3 is 0 Å². The van der Waals surface area contributed by atoms with E-state index in [0.717, 1.165) is 27.0 Å². The van der Waals surface area contributed by atoms with E-state index in [1.54, 1.807) is 23.1 Å². The monoisotopic (exact) mass is 315 g/mol. The minimum absolute atomic E-state index is 0.288. The Hall–Kier alpha value is -1.43. The van der Waals surface area contributed by atoms with Crippen LogP contribution in [0.1, 0.15) is 25.6 Å². The highest BCUT2D eigenvalue weighted by Gasteiger charge is 2.08. The Morgan fingerprint density at radius 3 is 2.81 bits per heavy atom. The summed E-state index contributed by atoms with van der Waals surface area (Å²) in [6, 6.07) is 12.7. The zero-order valence-electron chi connectivity index (χ0n) is 12.0. The fourth-order valence-corrected chi connectivity index (χ4v) is 4.12. The molecule has 1 atom stereocenters. The van der Waals surface area contributed by atoms with Crippen LogP contribution < -0.4 is 5.32 Å². The molecule has 0 bridgehead atoms. The molecule has 0 saturated heterocycles. The van der Waals surface area contributed by atoms with Crippen LogP contribution in [0.25, 0.3) is 10.2 Å². The molecule has 2 aromatic heterocycles. The molecule has 0 aliphatic carbocycles. The van der Waals surface area contributed by atoms with Crippen molar-refractivity contribution in [1.29, 1.82) is 0 Å². The Balaban J connectivity index is 1.75. The maximum Gasteiger partial charge on any atom is 0.155 e. The van der Waals surface area contributed by atoms with E-state index in [0.29, 0.717) is 0 Å². The third kappa shape index (κ3) is 3.43. The van der Waals surface area contributed by atoms with E-state index in [1.165, 1.54) is 4.70 Å². The number of hydrogen-bond acceptors (Lipinski definition) is 5. The van der Waals surface area contributed by atoms with E-state index in [4.69, 9.17) is 0 Å². The van der Waals surface area contributed by atoms with E-state index in [9.17, 15) is 0 Å². The van der Waals surface area contributed by atoms with E-state index < -0.39 is 0 Å². The van der Waals surface area contributed by atoms with Crippen molar-refractivity contribution in [1.82, 2.24) is 15.3 Å². The summed E-state index contributed by atoms with van der Waals surface area (Å²) in [6.45, 7) is 5.19. The number of nitrogens with one attached hydrogen (secondary N) is 1. The van der Waals surface area contributed by atoms with Gasteiger partial charge in [0.2, 0.25) is 0 Å². The maximum atomic E-state index is 4.64. The van der Waals surface area contributed by atoms with Crippen LogP contribution in [0.15, 0.2) is 51.8 Å². The third-order valence-corrected chi connectivity index (χ3v) is 5.27. The summed E-state index contributed by atoms with van der Waals surface area (Å²) >= 11 is 3.39. The number of benzene rings is 1. The van der Waals surface area contributed by atoms with Gasteiger partial charge in [-0.25, -0.2) is 4.98 Å². The van der Waals surface area contributed by atoms with Crippen molar-refractivity contribution >= 4 is 33.3 Å². The average Bonchev–Trinajstić information content (AvgIpc) is 2.90. The number of thiazole rings is 1. The molecule has 0 aliphatic rings. The molecule has 0 saturated carbocycles. The summed E-state index contributed by atoms with van der Waals surface area (Å²) in [5.74, 6) is 0. The standard InChI is InChI=1S/C16H17N3S2/c1-3-17-11(2)13-9-8-12(10-18-13)20-16-19-14-6-4-5-7-15(14)21-16/h4-11,17H,3H2,1-2H3. The lowest BCUT2D eigenvalue weighted by Gasteiger charge is -2.11. The van der Waals surface area contributed by atoms with Crippen LogP contribution in [-0.2, 0) is 0 Å². The first kappa shape index (κ1) is 14.5. The minimum Gasteiger partial charge on any atom is -0.309 e. The van der Waals surface area contributed by atoms with Crippen molar-refractivity contribution in [2.24, 2.45) is 0 Å². The van der Waals surface area contributed by atoms with Crippen LogP contribution in [0.3, 0.4) is 0 Å². The third-order valence-electron chi connectivity index (χ3n) is 3.19. The molecule has 3 aromatic rings. The van der Waals surface area contributed by atoms with E-state index >= 15 is 0 Å². The lowest BCUT2D eigenvalue weighted by molar-refractivity contribution is 0.582. The second-order valence-corrected chi connectivity index (χ2v) is 7.10. The highest BCUT2D eigenvalue weighted by atomic mass is 32.2. The summed E-state index contributed by atoms with van der Waals surface area (Å²) in [7, 11) is 0. The lowest BCUT2D eigenvalue weighted by atomic mass is 10.2. The lowest BCUT2D eigenvalue weighted by Crippen LogP contribution is -2.18. The minimum atomic E-state index is 0.288. The zero-order valence-corrected chi connectivity index (χ0v) is 13.7. The van der Waals surface area contributed by atoms with Gasteiger partial charge in [-0.2, -0.15) is 0 Å². The molecule has 0 fully saturated rings. The number of fused-ring (bicyclic) bond motifs is 1. The number of rotatable bonds is 5. The van der Waals surface area contributed by atoms with Crippen molar-refractivity contribution < 1.29 is 0 Å². The predicted octanol–water partition coefficient (Wildman–Crippen LogP) is 4.51. The molecule has 1 unspecified atom stereocenters. The quantitative estimate of drug-likeness (QED) is 0.751. The molecule has 0 spiro atoms. The Morgan fingerprint density at radius 2 is 2.10 bits per heavy atom. The van der Waals surface area contributed by atoms with Gasteiger partial charge < -0.3 is 5.32 Å². The van der Waals surface area contributed by atoms with Crippen molar-refractivity contribution in [3.05, 3.63) is 48.3 Å². The van der Waals surface area contributed by atoms with Crippen molar-refractivity contribution in [2.45, 2.75) is 29.1 Å². The number of nitrogens with zero attached hydrogens (tertiary/aromatic N) is 2. The molecular formula is C16H17N3S2. The smallest absolute Gasteiger partial charge is 0.155 e. The molecule has 1 aromatic carbocycles. The van der Waals surface area contributed by atoms with E-state index in [1.807, 2.05) is 18.3 Å². The van der Waals surface area contributed by atoms with E-state index in [2.05, 4.69) is 53.4 Å². The molecule has 21 heavy (non-hydrogen) atoms. The van der Waals surface area contributed by atoms with Crippen LogP contribution in [0.2, 0.25) is 0 Å². The predicted molar refractivity (Wildman–Crippen MR) is 90.1 cm³/mol. The first-order valence-corrected chi connectivity index (χ1v) is 8.62. The van der Waals surface area contributed by atoms with Crippen molar-refractivity contribution in [3.8, 4) is 0 Å². The molecule has 0 amide bonds. The SMILES string of the molecule is CCNC(C)c1ccc(Sc2nc3ccccc3s2)cn1. The Labute approximate surface area is 132 Å². The maximum absolute atomic E-state index is 4.64. The van der Waals surface area contributed by atoms with Gasteiger partial charge in [0.25, 0.3) is 0 Å². The number of hydrogen-bond donors (Lipinski definition) is 1. The summed E-state index contributed by atoms with van der Waals surface area (Å²) in [4.78, 5) is 10.3. The van der Waals surface area contributed by atoms with Gasteiger partial charge in [0.15, 0.2) is 4.34 Å². The molecule has 3 nitrogen and oxygen atoms in total. The highest BCUT2D eigenvalue weighted by Crippen LogP contribution is 2.34. The number of aromatic nitrogens is 2. The van der Waals surface area contributed by atoms with Crippen LogP contribution in [0.4, 0.5) is 0 Å². The fourth-order valence-electron chi connectivity index (χ4n) is 2.11. The van der Waals surface area contributed by atoms with Gasteiger partial charge in [0.1, 0.15) is 0 Å². The van der Waals surface area contributed by atoms with Gasteiger partial charge in [-0.15, -0.1) is 11.3 Å². The van der Waals surface area contributed by atoms with Gasteiger partial charge in [-0.05, 0) is 37.7 Å². The van der Waals surface area contributed by atoms with Crippen LogP contribution >= 0.6 is 23.1 Å². The molecule has 3 rings (SSSR count). The fraction of sp³-hybridized carbons (Fsp3) is 0.250. The molecular weight excluding hydrogens is 298 g/mol. The molecule has 2 heterocycles. The van der Waals surface area contributed by atoms with Crippen molar-refractivity contribution in [2.75, 3.05) is 6.54 Å². The molecule has 108 valence electrons. The molecule has 0 aliphatic heterocycles. The van der Waals surface area contributed by atoms with Crippen molar-refractivity contribution in [3.63, 3.8) is 0 Å². The highest BCUT2D eigenvalue weighted by molar-refractivity contribution is 8.01. The topological polar surface area (TPSA) is 37.8 Å². The molecule has 5 heteroatoms. The number of pyridine rings is 1. The van der Waals surface area contributed by atoms with Gasteiger partial charge in [-0.1, -0.05) is 30.8 Å². The Morgan fingerprint density at radius 1 is 1.24 bits per heavy atom. The summed E-state index contributed by atoms with van der Waals surface area (Å²) in [6.07, 6.45) is 1.93. The van der Waals surface area contributed by atoms with Crippen LogP contribution in [-0.4, -0.2) is 16.5 Å². The average molecular weight is 315 g/mol. The zero-order chi connectivity index (χ0) is 14.7. The number of para-hydroxylation sites is 1. The molecule has 0 radical (unpaired) electrons. The van der Waals surface area contributed by atoms with Crippen LogP contribution in [0, 0.1) is 0 Å². The molecule has 1 N–H and O–H groups in total.